The SMILES string of the molecule is CCCOc1nc(Cl)nc(OCCCC(F)(F)F)n1. The Morgan fingerprint density at radius 2 is 1.63 bits per heavy atom. The maximum absolute atomic E-state index is 11.9. The number of ether oxygens (including phenoxy) is 2. The molecule has 0 bridgehead atoms. The lowest BCUT2D eigenvalue weighted by Crippen LogP contribution is -2.11. The quantitative estimate of drug-likeness (QED) is 0.724. The number of hydrogen-bond donors (Lipinski definition) is 0. The van der Waals surface area contributed by atoms with Crippen molar-refractivity contribution in [1.29, 1.82) is 0 Å². The molecular weight excluding hydrogens is 287 g/mol. The molecule has 0 fully saturated rings. The molecule has 0 amide bonds. The zero-order chi connectivity index (χ0) is 14.3. The monoisotopic (exact) mass is 299 g/mol. The zero-order valence-electron chi connectivity index (χ0n) is 10.2. The second-order valence-corrected chi connectivity index (χ2v) is 3.92. The first-order valence-corrected chi connectivity index (χ1v) is 6.02. The normalized spacial score (nSPS) is 11.4. The van der Waals surface area contributed by atoms with Crippen molar-refractivity contribution < 1.29 is 22.6 Å². The molecular formula is C10H13ClF3N3O2. The van der Waals surface area contributed by atoms with E-state index < -0.39 is 12.6 Å². The first-order chi connectivity index (χ1) is 8.90. The minimum absolute atomic E-state index is 0.00679. The Hall–Kier alpha value is -1.31. The van der Waals surface area contributed by atoms with Crippen molar-refractivity contribution in [3.63, 3.8) is 0 Å². The highest BCUT2D eigenvalue weighted by Crippen LogP contribution is 2.21. The van der Waals surface area contributed by atoms with E-state index in [1.54, 1.807) is 0 Å². The standard InChI is InChI=1S/C10H13ClF3N3O2/c1-2-5-18-8-15-7(11)16-9(17-8)19-6-3-4-10(12,13)14/h2-6H2,1H3. The van der Waals surface area contributed by atoms with Crippen LogP contribution in [0.4, 0.5) is 13.2 Å². The molecule has 1 aromatic rings. The predicted molar refractivity (Wildman–Crippen MR) is 61.4 cm³/mol. The Kier molecular flexibility index (Phi) is 6.07. The third-order valence-corrected chi connectivity index (χ3v) is 2.01. The smallest absolute Gasteiger partial charge is 0.389 e. The minimum Gasteiger partial charge on any atom is -0.463 e. The van der Waals surface area contributed by atoms with E-state index in [2.05, 4.69) is 15.0 Å². The largest absolute Gasteiger partial charge is 0.463 e. The van der Waals surface area contributed by atoms with Gasteiger partial charge in [0.2, 0.25) is 5.28 Å². The molecule has 0 spiro atoms. The van der Waals surface area contributed by atoms with Gasteiger partial charge in [0, 0.05) is 6.42 Å². The summed E-state index contributed by atoms with van der Waals surface area (Å²) in [7, 11) is 0. The molecule has 0 aliphatic carbocycles. The van der Waals surface area contributed by atoms with Gasteiger partial charge in [-0.25, -0.2) is 0 Å². The molecule has 0 N–H and O–H groups in total. The molecule has 1 rings (SSSR count). The van der Waals surface area contributed by atoms with E-state index >= 15 is 0 Å². The van der Waals surface area contributed by atoms with Crippen LogP contribution in [0, 0.1) is 0 Å². The second kappa shape index (κ2) is 7.32. The molecule has 0 saturated heterocycles. The average Bonchev–Trinajstić information content (AvgIpc) is 2.30. The average molecular weight is 300 g/mol. The molecule has 0 aliphatic heterocycles. The number of rotatable bonds is 7. The molecule has 0 saturated carbocycles. The summed E-state index contributed by atoms with van der Waals surface area (Å²) in [6.07, 6.45) is -4.55. The van der Waals surface area contributed by atoms with Crippen LogP contribution in [-0.2, 0) is 0 Å². The van der Waals surface area contributed by atoms with Gasteiger partial charge in [0.1, 0.15) is 0 Å². The van der Waals surface area contributed by atoms with Crippen molar-refractivity contribution in [1.82, 2.24) is 15.0 Å². The number of hydrogen-bond acceptors (Lipinski definition) is 5. The Morgan fingerprint density at radius 3 is 2.16 bits per heavy atom. The van der Waals surface area contributed by atoms with Gasteiger partial charge in [-0.3, -0.25) is 0 Å². The number of aromatic nitrogens is 3. The van der Waals surface area contributed by atoms with Crippen LogP contribution in [0.2, 0.25) is 5.28 Å². The topological polar surface area (TPSA) is 57.1 Å². The highest BCUT2D eigenvalue weighted by molar-refractivity contribution is 6.28. The van der Waals surface area contributed by atoms with E-state index in [1.165, 1.54) is 0 Å². The predicted octanol–water partition coefficient (Wildman–Crippen LogP) is 3.04. The first kappa shape index (κ1) is 15.7. The van der Waals surface area contributed by atoms with E-state index in [-0.39, 0.29) is 30.3 Å². The van der Waals surface area contributed by atoms with Crippen LogP contribution < -0.4 is 9.47 Å². The van der Waals surface area contributed by atoms with Crippen LogP contribution in [0.25, 0.3) is 0 Å². The lowest BCUT2D eigenvalue weighted by molar-refractivity contribution is -0.136. The van der Waals surface area contributed by atoms with Crippen molar-refractivity contribution in [2.24, 2.45) is 0 Å². The molecule has 1 heterocycles. The summed E-state index contributed by atoms with van der Waals surface area (Å²) >= 11 is 5.61. The summed E-state index contributed by atoms with van der Waals surface area (Å²) in [6, 6.07) is -0.152. The second-order valence-electron chi connectivity index (χ2n) is 3.59. The highest BCUT2D eigenvalue weighted by atomic mass is 35.5. The van der Waals surface area contributed by atoms with Crippen molar-refractivity contribution in [3.05, 3.63) is 5.28 Å². The molecule has 0 aromatic carbocycles. The molecule has 5 nitrogen and oxygen atoms in total. The van der Waals surface area contributed by atoms with Crippen LogP contribution in [0.3, 0.4) is 0 Å². The Bertz CT molecular complexity index is 404. The number of alkyl halides is 3. The van der Waals surface area contributed by atoms with Crippen molar-refractivity contribution >= 4 is 11.6 Å². The maximum Gasteiger partial charge on any atom is 0.389 e. The van der Waals surface area contributed by atoms with Gasteiger partial charge in [-0.15, -0.1) is 4.98 Å². The van der Waals surface area contributed by atoms with Crippen LogP contribution in [-0.4, -0.2) is 34.3 Å². The van der Waals surface area contributed by atoms with E-state index in [9.17, 15) is 13.2 Å². The highest BCUT2D eigenvalue weighted by Gasteiger charge is 2.26. The molecule has 0 unspecified atom stereocenters. The van der Waals surface area contributed by atoms with Gasteiger partial charge >= 0.3 is 18.2 Å². The van der Waals surface area contributed by atoms with Crippen molar-refractivity contribution in [3.8, 4) is 12.0 Å². The minimum atomic E-state index is -4.20. The molecule has 0 aliphatic rings. The lowest BCUT2D eigenvalue weighted by atomic mass is 10.3. The molecule has 19 heavy (non-hydrogen) atoms. The van der Waals surface area contributed by atoms with Gasteiger partial charge in [0.15, 0.2) is 0 Å². The maximum atomic E-state index is 11.9. The number of nitrogens with zero attached hydrogens (tertiary/aromatic N) is 3. The summed E-state index contributed by atoms with van der Waals surface area (Å²) in [5.74, 6) is 0. The third kappa shape index (κ3) is 7.00. The first-order valence-electron chi connectivity index (χ1n) is 5.64. The van der Waals surface area contributed by atoms with E-state index in [1.807, 2.05) is 6.92 Å². The van der Waals surface area contributed by atoms with Gasteiger partial charge in [0.05, 0.1) is 13.2 Å². The van der Waals surface area contributed by atoms with Crippen molar-refractivity contribution in [2.45, 2.75) is 32.4 Å². The number of halogens is 4. The van der Waals surface area contributed by atoms with Crippen molar-refractivity contribution in [2.75, 3.05) is 13.2 Å². The van der Waals surface area contributed by atoms with Gasteiger partial charge in [-0.05, 0) is 24.4 Å². The van der Waals surface area contributed by atoms with Crippen LogP contribution in [0.15, 0.2) is 0 Å². The van der Waals surface area contributed by atoms with Crippen LogP contribution in [0.1, 0.15) is 26.2 Å². The van der Waals surface area contributed by atoms with Gasteiger partial charge in [-0.2, -0.15) is 23.1 Å². The van der Waals surface area contributed by atoms with Gasteiger partial charge < -0.3 is 9.47 Å². The summed E-state index contributed by atoms with van der Waals surface area (Å²) in [4.78, 5) is 11.1. The van der Waals surface area contributed by atoms with E-state index in [0.29, 0.717) is 6.61 Å². The fourth-order valence-corrected chi connectivity index (χ4v) is 1.22. The zero-order valence-corrected chi connectivity index (χ0v) is 11.0. The summed E-state index contributed by atoms with van der Waals surface area (Å²) in [5, 5.41) is -0.132. The van der Waals surface area contributed by atoms with E-state index in [0.717, 1.165) is 6.42 Å². The fraction of sp³-hybridized carbons (Fsp3) is 0.700. The third-order valence-electron chi connectivity index (χ3n) is 1.84. The fourth-order valence-electron chi connectivity index (χ4n) is 1.07. The molecule has 0 atom stereocenters. The Morgan fingerprint density at radius 1 is 1.05 bits per heavy atom. The summed E-state index contributed by atoms with van der Waals surface area (Å²) < 4.78 is 45.8. The van der Waals surface area contributed by atoms with Gasteiger partial charge in [-0.1, -0.05) is 6.92 Å². The summed E-state index contributed by atoms with van der Waals surface area (Å²) in [6.45, 7) is 2.14. The Labute approximate surface area is 113 Å². The summed E-state index contributed by atoms with van der Waals surface area (Å²) in [5.41, 5.74) is 0. The lowest BCUT2D eigenvalue weighted by Gasteiger charge is -2.08. The molecule has 1 aromatic heterocycles. The van der Waals surface area contributed by atoms with E-state index in [4.69, 9.17) is 21.1 Å². The molecule has 108 valence electrons. The van der Waals surface area contributed by atoms with Gasteiger partial charge in [0.25, 0.3) is 0 Å². The van der Waals surface area contributed by atoms with Crippen LogP contribution in [0.5, 0.6) is 12.0 Å². The van der Waals surface area contributed by atoms with Crippen LogP contribution >= 0.6 is 11.6 Å². The molecule has 0 radical (unpaired) electrons. The molecule has 9 heteroatoms. The Balaban J connectivity index is 2.46.